The first kappa shape index (κ1) is 20.3. The predicted molar refractivity (Wildman–Crippen MR) is 105 cm³/mol. The molecule has 0 bridgehead atoms. The van der Waals surface area contributed by atoms with Crippen LogP contribution in [0.15, 0.2) is 42.5 Å². The summed E-state index contributed by atoms with van der Waals surface area (Å²) in [4.78, 5) is 14.4. The van der Waals surface area contributed by atoms with Gasteiger partial charge in [0.2, 0.25) is 5.91 Å². The molecule has 0 aromatic heterocycles. The zero-order valence-electron chi connectivity index (χ0n) is 16.0. The van der Waals surface area contributed by atoms with E-state index in [0.717, 1.165) is 5.56 Å². The third kappa shape index (κ3) is 5.73. The number of anilines is 1. The van der Waals surface area contributed by atoms with Crippen molar-refractivity contribution in [2.45, 2.75) is 20.4 Å². The quantitative estimate of drug-likeness (QED) is 0.735. The second kappa shape index (κ2) is 10.2. The largest absolute Gasteiger partial charge is 0.493 e. The summed E-state index contributed by atoms with van der Waals surface area (Å²) < 4.78 is 10.9. The number of hydrogen-bond acceptors (Lipinski definition) is 5. The molecule has 0 aliphatic carbocycles. The van der Waals surface area contributed by atoms with Gasteiger partial charge in [0.05, 0.1) is 31.5 Å². The van der Waals surface area contributed by atoms with E-state index < -0.39 is 0 Å². The van der Waals surface area contributed by atoms with Gasteiger partial charge in [-0.1, -0.05) is 25.1 Å². The topological polar surface area (TPSA) is 74.6 Å². The molecular formula is C21H25N3O3. The second-order valence-electron chi connectivity index (χ2n) is 5.93. The summed E-state index contributed by atoms with van der Waals surface area (Å²) in [6, 6.07) is 14.8. The van der Waals surface area contributed by atoms with E-state index in [2.05, 4.69) is 11.4 Å². The number of nitrogens with one attached hydrogen (secondary N) is 1. The highest BCUT2D eigenvalue weighted by Crippen LogP contribution is 2.28. The lowest BCUT2D eigenvalue weighted by molar-refractivity contribution is -0.117. The molecule has 2 rings (SSSR count). The van der Waals surface area contributed by atoms with Gasteiger partial charge >= 0.3 is 0 Å². The first-order chi connectivity index (χ1) is 13.1. The number of hydrogen-bond donors (Lipinski definition) is 1. The predicted octanol–water partition coefficient (Wildman–Crippen LogP) is 3.43. The van der Waals surface area contributed by atoms with Crippen molar-refractivity contribution in [2.75, 3.05) is 32.1 Å². The molecule has 0 aliphatic rings. The van der Waals surface area contributed by atoms with E-state index in [4.69, 9.17) is 14.7 Å². The molecular weight excluding hydrogens is 342 g/mol. The number of amides is 1. The van der Waals surface area contributed by atoms with Gasteiger partial charge in [-0.2, -0.15) is 5.26 Å². The summed E-state index contributed by atoms with van der Waals surface area (Å²) in [5, 5.41) is 11.9. The minimum atomic E-state index is -0.155. The van der Waals surface area contributed by atoms with Gasteiger partial charge in [-0.3, -0.25) is 9.69 Å². The van der Waals surface area contributed by atoms with Crippen molar-refractivity contribution >= 4 is 11.6 Å². The van der Waals surface area contributed by atoms with Crippen LogP contribution in [0.1, 0.15) is 25.0 Å². The number of methoxy groups -OCH3 is 1. The van der Waals surface area contributed by atoms with Crippen LogP contribution in [0.2, 0.25) is 0 Å². The Labute approximate surface area is 160 Å². The van der Waals surface area contributed by atoms with E-state index in [1.165, 1.54) is 0 Å². The Balaban J connectivity index is 2.03. The van der Waals surface area contributed by atoms with Gasteiger partial charge in [-0.25, -0.2) is 0 Å². The van der Waals surface area contributed by atoms with E-state index in [9.17, 15) is 4.79 Å². The Bertz CT molecular complexity index is 815. The summed E-state index contributed by atoms with van der Waals surface area (Å²) in [6.45, 7) is 6.04. The van der Waals surface area contributed by atoms with Crippen molar-refractivity contribution in [2.24, 2.45) is 0 Å². The highest BCUT2D eigenvalue weighted by atomic mass is 16.5. The molecule has 0 unspecified atom stereocenters. The maximum absolute atomic E-state index is 12.4. The van der Waals surface area contributed by atoms with Crippen molar-refractivity contribution in [1.29, 1.82) is 5.26 Å². The van der Waals surface area contributed by atoms with Crippen LogP contribution in [0.25, 0.3) is 0 Å². The SMILES string of the molecule is CCOc1ccc(CN(CC)CC(=O)Nc2ccccc2C#N)cc1OC. The van der Waals surface area contributed by atoms with Gasteiger partial charge in [0, 0.05) is 6.54 Å². The molecule has 0 heterocycles. The Hall–Kier alpha value is -3.04. The number of carbonyl (C=O) groups excluding carboxylic acids is 1. The maximum Gasteiger partial charge on any atom is 0.238 e. The normalized spacial score (nSPS) is 10.3. The third-order valence-corrected chi connectivity index (χ3v) is 4.07. The van der Waals surface area contributed by atoms with Gasteiger partial charge in [0.1, 0.15) is 6.07 Å². The highest BCUT2D eigenvalue weighted by molar-refractivity contribution is 5.93. The Kier molecular flexibility index (Phi) is 7.65. The first-order valence-corrected chi connectivity index (χ1v) is 8.92. The van der Waals surface area contributed by atoms with Gasteiger partial charge in [-0.15, -0.1) is 0 Å². The number of ether oxygens (including phenoxy) is 2. The fraction of sp³-hybridized carbons (Fsp3) is 0.333. The minimum Gasteiger partial charge on any atom is -0.493 e. The smallest absolute Gasteiger partial charge is 0.238 e. The number of likely N-dealkylation sites (N-methyl/N-ethyl adjacent to an activating group) is 1. The zero-order chi connectivity index (χ0) is 19.6. The Morgan fingerprint density at radius 2 is 1.96 bits per heavy atom. The maximum atomic E-state index is 12.4. The van der Waals surface area contributed by atoms with Gasteiger partial charge in [0.15, 0.2) is 11.5 Å². The summed E-state index contributed by atoms with van der Waals surface area (Å²) >= 11 is 0. The fourth-order valence-electron chi connectivity index (χ4n) is 2.71. The molecule has 2 aromatic rings. The lowest BCUT2D eigenvalue weighted by Gasteiger charge is -2.21. The molecule has 27 heavy (non-hydrogen) atoms. The molecule has 0 radical (unpaired) electrons. The molecule has 0 saturated carbocycles. The van der Waals surface area contributed by atoms with Crippen LogP contribution in [0.3, 0.4) is 0 Å². The standard InChI is InChI=1S/C21H25N3O3/c1-4-24(14-16-10-11-19(27-5-2)20(12-16)26-3)15-21(25)23-18-9-7-6-8-17(18)13-22/h6-12H,4-5,14-15H2,1-3H3,(H,23,25). The number of carbonyl (C=O) groups is 1. The van der Waals surface area contributed by atoms with Crippen LogP contribution in [-0.4, -0.2) is 37.6 Å². The highest BCUT2D eigenvalue weighted by Gasteiger charge is 2.13. The van der Waals surface area contributed by atoms with Gasteiger partial charge < -0.3 is 14.8 Å². The first-order valence-electron chi connectivity index (χ1n) is 8.92. The van der Waals surface area contributed by atoms with Gasteiger partial charge in [-0.05, 0) is 43.3 Å². The molecule has 6 heteroatoms. The zero-order valence-corrected chi connectivity index (χ0v) is 16.0. The van der Waals surface area contributed by atoms with Crippen molar-refractivity contribution < 1.29 is 14.3 Å². The average Bonchev–Trinajstić information content (AvgIpc) is 2.69. The van der Waals surface area contributed by atoms with E-state index in [1.54, 1.807) is 31.4 Å². The van der Waals surface area contributed by atoms with Crippen LogP contribution in [0.5, 0.6) is 11.5 Å². The van der Waals surface area contributed by atoms with E-state index >= 15 is 0 Å². The van der Waals surface area contributed by atoms with Crippen LogP contribution in [-0.2, 0) is 11.3 Å². The van der Waals surface area contributed by atoms with Gasteiger partial charge in [0.25, 0.3) is 0 Å². The van der Waals surface area contributed by atoms with Crippen molar-refractivity contribution in [3.8, 4) is 17.6 Å². The second-order valence-corrected chi connectivity index (χ2v) is 5.93. The van der Waals surface area contributed by atoms with Crippen LogP contribution >= 0.6 is 0 Å². The van der Waals surface area contributed by atoms with E-state index in [0.29, 0.717) is 42.4 Å². The number of benzene rings is 2. The lowest BCUT2D eigenvalue weighted by Crippen LogP contribution is -2.32. The summed E-state index contributed by atoms with van der Waals surface area (Å²) in [5.41, 5.74) is 2.01. The van der Waals surface area contributed by atoms with Crippen LogP contribution < -0.4 is 14.8 Å². The molecule has 0 fully saturated rings. The van der Waals surface area contributed by atoms with Crippen LogP contribution in [0, 0.1) is 11.3 Å². The summed E-state index contributed by atoms with van der Waals surface area (Å²) in [7, 11) is 1.61. The lowest BCUT2D eigenvalue weighted by atomic mass is 10.1. The molecule has 0 atom stereocenters. The molecule has 0 saturated heterocycles. The van der Waals surface area contributed by atoms with Crippen LogP contribution in [0.4, 0.5) is 5.69 Å². The fourth-order valence-corrected chi connectivity index (χ4v) is 2.71. The number of nitrogens with zero attached hydrogens (tertiary/aromatic N) is 2. The molecule has 2 aromatic carbocycles. The van der Waals surface area contributed by atoms with Crippen molar-refractivity contribution in [1.82, 2.24) is 4.90 Å². The molecule has 0 aliphatic heterocycles. The monoisotopic (exact) mass is 367 g/mol. The third-order valence-electron chi connectivity index (χ3n) is 4.07. The minimum absolute atomic E-state index is 0.155. The number of nitriles is 1. The van der Waals surface area contributed by atoms with E-state index in [1.807, 2.05) is 36.9 Å². The molecule has 1 N–H and O–H groups in total. The summed E-state index contributed by atoms with van der Waals surface area (Å²) in [6.07, 6.45) is 0. The Morgan fingerprint density at radius 3 is 2.63 bits per heavy atom. The molecule has 6 nitrogen and oxygen atoms in total. The molecule has 0 spiro atoms. The molecule has 1 amide bonds. The number of rotatable bonds is 9. The Morgan fingerprint density at radius 1 is 1.19 bits per heavy atom. The number of para-hydroxylation sites is 1. The summed E-state index contributed by atoms with van der Waals surface area (Å²) in [5.74, 6) is 1.23. The van der Waals surface area contributed by atoms with Crippen molar-refractivity contribution in [3.05, 3.63) is 53.6 Å². The van der Waals surface area contributed by atoms with E-state index in [-0.39, 0.29) is 12.5 Å². The average molecular weight is 367 g/mol. The molecule has 142 valence electrons. The van der Waals surface area contributed by atoms with Crippen molar-refractivity contribution in [3.63, 3.8) is 0 Å².